The highest BCUT2D eigenvalue weighted by Gasteiger charge is 2.43. The summed E-state index contributed by atoms with van der Waals surface area (Å²) in [5, 5.41) is 0. The first-order chi connectivity index (χ1) is 59.2. The minimum atomic E-state index is -0.594. The number of aromatic nitrogens is 8. The summed E-state index contributed by atoms with van der Waals surface area (Å²) in [7, 11) is 0. The zero-order valence-corrected chi connectivity index (χ0v) is 64.0. The number of H-pyrrole nitrogens is 4. The predicted octanol–water partition coefficient (Wildman–Crippen LogP) is 24.9. The average Bonchev–Trinajstić information content (AvgIpc) is 1.56. The second-order valence-corrected chi connectivity index (χ2v) is 30.4. The number of carbonyl (C=O) groups excluding carboxylic acids is 4. The Labute approximate surface area is 686 Å². The van der Waals surface area contributed by atoms with Gasteiger partial charge in [0.15, 0.2) is 0 Å². The zero-order chi connectivity index (χ0) is 79.8. The van der Waals surface area contributed by atoms with Crippen LogP contribution in [0.3, 0.4) is 0 Å². The molecule has 0 unspecified atom stereocenters. The molecule has 120 heavy (non-hydrogen) atoms. The van der Waals surface area contributed by atoms with Crippen molar-refractivity contribution in [2.45, 2.75) is 0 Å². The Morgan fingerprint density at radius 1 is 0.183 bits per heavy atom. The first-order valence-electron chi connectivity index (χ1n) is 39.8. The summed E-state index contributed by atoms with van der Waals surface area (Å²) in [6.07, 6.45) is 8.33. The van der Waals surface area contributed by atoms with Gasteiger partial charge in [-0.3, -0.25) is 19.2 Å². The van der Waals surface area contributed by atoms with Gasteiger partial charge in [-0.2, -0.15) is 0 Å². The van der Waals surface area contributed by atoms with Gasteiger partial charge in [0.2, 0.25) is 0 Å². The normalized spacial score (nSPS) is 13.0. The van der Waals surface area contributed by atoms with Crippen molar-refractivity contribution < 1.29 is 19.2 Å². The molecule has 0 aliphatic carbocycles. The number of aromatic amines is 4. The number of hydrogen-bond donors (Lipinski definition) is 4. The maximum Gasteiger partial charge on any atom is 0.266 e. The van der Waals surface area contributed by atoms with Gasteiger partial charge in [0.1, 0.15) is 0 Å². The van der Waals surface area contributed by atoms with Crippen LogP contribution in [0, 0.1) is 0 Å². The van der Waals surface area contributed by atoms with Crippen molar-refractivity contribution in [1.29, 1.82) is 0 Å². The molecule has 562 valence electrons. The second-order valence-electron chi connectivity index (χ2n) is 30.4. The van der Waals surface area contributed by atoms with E-state index >= 15 is 19.2 Å². The van der Waals surface area contributed by atoms with Crippen LogP contribution in [-0.4, -0.2) is 63.5 Å². The molecule has 14 nitrogen and oxygen atoms in total. The van der Waals surface area contributed by atoms with Gasteiger partial charge in [-0.05, 0) is 160 Å². The van der Waals surface area contributed by atoms with Crippen LogP contribution in [0.15, 0.2) is 340 Å². The van der Waals surface area contributed by atoms with Crippen LogP contribution in [0.2, 0.25) is 0 Å². The Kier molecular flexibility index (Phi) is 15.9. The highest BCUT2D eigenvalue weighted by atomic mass is 16.2. The molecule has 17 aromatic rings. The van der Waals surface area contributed by atoms with Crippen molar-refractivity contribution in [1.82, 2.24) is 39.9 Å². The van der Waals surface area contributed by atoms with Crippen molar-refractivity contribution >= 4 is 103 Å². The van der Waals surface area contributed by atoms with Crippen LogP contribution in [0.5, 0.6) is 0 Å². The summed E-state index contributed by atoms with van der Waals surface area (Å²) in [5.74, 6) is -2.38. The number of anilines is 2. The van der Waals surface area contributed by atoms with E-state index in [0.717, 1.165) is 166 Å². The Hall–Kier alpha value is -16.6. The Morgan fingerprint density at radius 3 is 0.583 bits per heavy atom. The quantitative estimate of drug-likeness (QED) is 0.0973. The van der Waals surface area contributed by atoms with E-state index in [2.05, 4.69) is 190 Å². The molecule has 0 radical (unpaired) electrons. The van der Waals surface area contributed by atoms with E-state index in [1.54, 1.807) is 24.3 Å². The fraction of sp³-hybridized carbons (Fsp3) is 0. The third-order valence-electron chi connectivity index (χ3n) is 23.5. The van der Waals surface area contributed by atoms with Gasteiger partial charge in [0.05, 0.1) is 79.2 Å². The summed E-state index contributed by atoms with van der Waals surface area (Å²) in [5.41, 5.74) is 28.9. The number of nitrogens with zero attached hydrogens (tertiary/aromatic N) is 6. The van der Waals surface area contributed by atoms with Crippen LogP contribution in [-0.2, 0) is 0 Å². The molecule has 4 N–H and O–H groups in total. The lowest BCUT2D eigenvalue weighted by atomic mass is 9.92. The number of carbonyl (C=O) groups is 4. The summed E-state index contributed by atoms with van der Waals surface area (Å²) in [6, 6.07) is 112. The maximum absolute atomic E-state index is 15.9. The van der Waals surface area contributed by atoms with Crippen molar-refractivity contribution in [3.63, 3.8) is 0 Å². The number of rotatable bonds is 10. The second kappa shape index (κ2) is 27.6. The van der Waals surface area contributed by atoms with Crippen molar-refractivity contribution in [2.75, 3.05) is 9.80 Å². The molecule has 0 saturated carbocycles. The molecule has 0 atom stereocenters. The summed E-state index contributed by atoms with van der Waals surface area (Å²) < 4.78 is 0. The van der Waals surface area contributed by atoms with Crippen LogP contribution in [0.1, 0.15) is 64.2 Å². The third kappa shape index (κ3) is 11.1. The summed E-state index contributed by atoms with van der Waals surface area (Å²) >= 11 is 0. The van der Waals surface area contributed by atoms with E-state index in [1.807, 2.05) is 170 Å². The van der Waals surface area contributed by atoms with Crippen LogP contribution >= 0.6 is 0 Å². The van der Waals surface area contributed by atoms with Gasteiger partial charge in [-0.1, -0.05) is 249 Å². The molecular weight excluding hydrogens is 1480 g/mol. The number of hydrogen-bond acceptors (Lipinski definition) is 8. The molecule has 16 bridgehead atoms. The summed E-state index contributed by atoms with van der Waals surface area (Å²) in [4.78, 5) is 104. The third-order valence-corrected chi connectivity index (χ3v) is 23.5. The number of nitrogens with one attached hydrogen (secondary N) is 4. The molecule has 23 rings (SSSR count). The smallest absolute Gasteiger partial charge is 0.266 e. The first kappa shape index (κ1) is 69.0. The molecule has 6 aromatic heterocycles. The minimum Gasteiger partial charge on any atom is -0.354 e. The van der Waals surface area contributed by atoms with E-state index in [4.69, 9.17) is 19.9 Å². The van der Waals surface area contributed by atoms with Gasteiger partial charge in [-0.25, -0.2) is 29.7 Å². The Morgan fingerprint density at radius 2 is 0.375 bits per heavy atom. The number of amides is 4. The zero-order valence-electron chi connectivity index (χ0n) is 64.0. The van der Waals surface area contributed by atoms with E-state index in [9.17, 15) is 0 Å². The van der Waals surface area contributed by atoms with E-state index in [1.165, 1.54) is 0 Å². The number of fused-ring (bicyclic) bond motifs is 24. The molecule has 12 heterocycles. The molecule has 6 aliphatic rings. The van der Waals surface area contributed by atoms with Gasteiger partial charge < -0.3 is 19.9 Å². The number of benzene rings is 11. The molecule has 11 aromatic carbocycles. The van der Waals surface area contributed by atoms with Crippen LogP contribution < -0.4 is 9.80 Å². The van der Waals surface area contributed by atoms with E-state index < -0.39 is 23.6 Å². The fourth-order valence-electron chi connectivity index (χ4n) is 18.1. The topological polar surface area (TPSA) is 189 Å². The standard InChI is InChI=1S/C106H64N10O4/c117-103-75-57-71-72(100-96(66-36-19-6-20-37-66)88-53-49-84(110-88)92(62-28-11-2-12-29-62)80-45-44-79(107-80)91(61-26-9-1-10-27-61)83-48-52-87(109-83)95(99(71)113-100)65-34-17-5-18-35-65)58-76(75)104(118)115(103)69-42-25-43-70(56-69)116-105(119)77-59-73-74(60-78(77)106(116)120)102-98(68-40-23-8-24-41-68)90-55-51-86(112-90)94(64-32-15-4-16-33-64)82-47-46-81(108-82)93(63-30-13-3-14-31-63)85-50-54-89(111-85)97(101(73)114-102)67-38-21-7-22-39-67/h1-60,109-112H. The predicted molar refractivity (Wildman–Crippen MR) is 481 cm³/mol. The highest BCUT2D eigenvalue weighted by Crippen LogP contribution is 2.53. The van der Waals surface area contributed by atoms with Gasteiger partial charge in [0.25, 0.3) is 23.6 Å². The monoisotopic (exact) mass is 1540 g/mol. The first-order valence-corrected chi connectivity index (χ1v) is 39.8. The van der Waals surface area contributed by atoms with E-state index in [0.29, 0.717) is 45.0 Å². The fourth-order valence-corrected chi connectivity index (χ4v) is 18.1. The highest BCUT2D eigenvalue weighted by molar-refractivity contribution is 6.37. The molecule has 0 saturated heterocycles. The SMILES string of the molecule is O=C1c2cc3c(cc2C(=O)N1c1cccc(N2C(=O)c4cc5c(cc4C2=O)-c2nc-5c(-c4ccccc4)c4ccc([nH]4)c(-c4ccccc4)c4nc(c(-c5ccccc5)c5ccc([nH]5)c2-c2ccccc2)C=C4)c1)-c1nc-3c(-c2ccccc2)c2ccc([nH]2)c(-c2ccccc2)c2nc(c(-c3ccccc3)c3ccc([nH]3)c1-c1ccccc1)C=C2. The molecule has 0 fully saturated rings. The summed E-state index contributed by atoms with van der Waals surface area (Å²) in [6.45, 7) is 0. The molecule has 6 aliphatic heterocycles. The van der Waals surface area contributed by atoms with Crippen molar-refractivity contribution in [3.8, 4) is 134 Å². The van der Waals surface area contributed by atoms with Gasteiger partial charge >= 0.3 is 0 Å². The van der Waals surface area contributed by atoms with Gasteiger partial charge in [-0.15, -0.1) is 0 Å². The molecule has 14 heteroatoms. The Bertz CT molecular complexity index is 6830. The largest absolute Gasteiger partial charge is 0.354 e. The van der Waals surface area contributed by atoms with Crippen molar-refractivity contribution in [3.05, 3.63) is 385 Å². The average molecular weight is 1540 g/mol. The Balaban J connectivity index is 0.698. The lowest BCUT2D eigenvalue weighted by Crippen LogP contribution is -2.31. The van der Waals surface area contributed by atoms with Gasteiger partial charge in [0, 0.05) is 111 Å². The molecule has 4 amide bonds. The van der Waals surface area contributed by atoms with Crippen molar-refractivity contribution in [2.24, 2.45) is 0 Å². The molecule has 0 spiro atoms. The molecular formula is C106H64N10O4. The van der Waals surface area contributed by atoms with Crippen LogP contribution in [0.4, 0.5) is 11.4 Å². The lowest BCUT2D eigenvalue weighted by Gasteiger charge is -2.18. The van der Waals surface area contributed by atoms with E-state index in [-0.39, 0.29) is 33.6 Å². The van der Waals surface area contributed by atoms with Crippen LogP contribution in [0.25, 0.3) is 202 Å². The lowest BCUT2D eigenvalue weighted by molar-refractivity contribution is 0.0912. The number of imide groups is 2. The maximum atomic E-state index is 15.9. The minimum absolute atomic E-state index is 0.154.